The molecule has 0 aromatic carbocycles. The second-order valence-electron chi connectivity index (χ2n) is 2.65. The quantitative estimate of drug-likeness (QED) is 0.750. The van der Waals surface area contributed by atoms with E-state index in [4.69, 9.17) is 0 Å². The number of hydrogen-bond acceptors (Lipinski definition) is 2. The molecule has 0 amide bonds. The van der Waals surface area contributed by atoms with Crippen LogP contribution in [0.1, 0.15) is 25.5 Å². The summed E-state index contributed by atoms with van der Waals surface area (Å²) in [5, 5.41) is 0. The van der Waals surface area contributed by atoms with E-state index in [1.807, 2.05) is 13.8 Å². The smallest absolute Gasteiger partial charge is 0.446 e. The monoisotopic (exact) mass is 248 g/mol. The van der Waals surface area contributed by atoms with Crippen LogP contribution in [-0.4, -0.2) is 9.97 Å². The Bertz CT molecular complexity index is 281. The van der Waals surface area contributed by atoms with Crippen LogP contribution in [-0.2, 0) is 29.3 Å². The molecule has 2 heterocycles. The number of aryl methyl sites for hydroxylation is 2. The van der Waals surface area contributed by atoms with Crippen LogP contribution < -0.4 is 9.97 Å². The van der Waals surface area contributed by atoms with Crippen molar-refractivity contribution in [3.8, 4) is 0 Å². The fourth-order valence-corrected chi connectivity index (χ4v) is 0.909. The summed E-state index contributed by atoms with van der Waals surface area (Å²) in [5.41, 5.74) is 0. The number of hydrogen-bond donors (Lipinski definition) is 0. The summed E-state index contributed by atoms with van der Waals surface area (Å²) in [6, 6.07) is 0. The summed E-state index contributed by atoms with van der Waals surface area (Å²) in [6.07, 6.45) is 8.70. The molecule has 2 aromatic rings. The van der Waals surface area contributed by atoms with Gasteiger partial charge in [-0.25, -0.2) is 0 Å². The molecule has 0 unspecified atom stereocenters. The summed E-state index contributed by atoms with van der Waals surface area (Å²) in [7, 11) is 0. The van der Waals surface area contributed by atoms with E-state index in [0.717, 1.165) is 24.5 Å². The molecule has 0 aliphatic heterocycles. The van der Waals surface area contributed by atoms with E-state index >= 15 is 0 Å². The maximum absolute atomic E-state index is 3.92. The standard InChI is InChI=1S/2C5H7N2.Ni/c2*1-2-5-6-3-4-7-5;/h2*3-4H,2H2,1H3;/q2*-1;+2. The molecule has 15 heavy (non-hydrogen) atoms. The van der Waals surface area contributed by atoms with Crippen molar-refractivity contribution in [2.45, 2.75) is 26.7 Å². The Morgan fingerprint density at radius 2 is 1.33 bits per heavy atom. The minimum absolute atomic E-state index is 0. The Morgan fingerprint density at radius 1 is 0.933 bits per heavy atom. The predicted octanol–water partition coefficient (Wildman–Crippen LogP) is 1.20. The zero-order chi connectivity index (χ0) is 10.2. The van der Waals surface area contributed by atoms with Gasteiger partial charge in [0, 0.05) is 0 Å². The van der Waals surface area contributed by atoms with E-state index in [0.29, 0.717) is 0 Å². The van der Waals surface area contributed by atoms with Gasteiger partial charge in [-0.2, -0.15) is 0 Å². The van der Waals surface area contributed by atoms with Gasteiger partial charge < -0.3 is 19.9 Å². The van der Waals surface area contributed by atoms with Crippen molar-refractivity contribution in [1.29, 1.82) is 0 Å². The molecule has 0 aliphatic carbocycles. The third-order valence-corrected chi connectivity index (χ3v) is 1.66. The molecule has 0 spiro atoms. The van der Waals surface area contributed by atoms with Crippen LogP contribution in [0.3, 0.4) is 0 Å². The SMILES string of the molecule is CCc1ncc[n-]1.CCc1ncc[n-]1.[Ni+2]. The second kappa shape index (κ2) is 8.24. The number of aromatic nitrogens is 4. The Labute approximate surface area is 99.9 Å². The van der Waals surface area contributed by atoms with Crippen molar-refractivity contribution in [2.75, 3.05) is 0 Å². The van der Waals surface area contributed by atoms with Gasteiger partial charge in [0.05, 0.1) is 0 Å². The maximum atomic E-state index is 3.92. The molecule has 2 rings (SSSR count). The molecule has 0 saturated carbocycles. The molecule has 0 N–H and O–H groups in total. The zero-order valence-electron chi connectivity index (χ0n) is 8.83. The molecule has 0 aliphatic rings. The van der Waals surface area contributed by atoms with E-state index < -0.39 is 0 Å². The molecule has 5 heteroatoms. The Kier molecular flexibility index (Phi) is 7.64. The van der Waals surface area contributed by atoms with E-state index in [9.17, 15) is 0 Å². The van der Waals surface area contributed by atoms with Crippen LogP contribution in [0.25, 0.3) is 0 Å². The van der Waals surface area contributed by atoms with Crippen molar-refractivity contribution in [3.05, 3.63) is 36.4 Å². The van der Waals surface area contributed by atoms with E-state index in [1.54, 1.807) is 24.8 Å². The molecule has 0 saturated heterocycles. The van der Waals surface area contributed by atoms with Crippen molar-refractivity contribution < 1.29 is 16.5 Å². The van der Waals surface area contributed by atoms with Crippen LogP contribution in [0, 0.1) is 0 Å². The zero-order valence-corrected chi connectivity index (χ0v) is 9.82. The first-order valence-electron chi connectivity index (χ1n) is 4.72. The molecule has 2 aromatic heterocycles. The summed E-state index contributed by atoms with van der Waals surface area (Å²) in [5.74, 6) is 1.86. The Balaban J connectivity index is 0.000000245. The molecule has 0 atom stereocenters. The average molecular weight is 249 g/mol. The Morgan fingerprint density at radius 3 is 1.47 bits per heavy atom. The predicted molar refractivity (Wildman–Crippen MR) is 53.9 cm³/mol. The van der Waals surface area contributed by atoms with Crippen LogP contribution in [0.5, 0.6) is 0 Å². The third-order valence-electron chi connectivity index (χ3n) is 1.66. The van der Waals surface area contributed by atoms with Crippen LogP contribution in [0.15, 0.2) is 24.8 Å². The van der Waals surface area contributed by atoms with Gasteiger partial charge in [0.1, 0.15) is 0 Å². The van der Waals surface area contributed by atoms with Crippen LogP contribution in [0.4, 0.5) is 0 Å². The summed E-state index contributed by atoms with van der Waals surface area (Å²) < 4.78 is 0. The molecule has 4 nitrogen and oxygen atoms in total. The van der Waals surface area contributed by atoms with Crippen LogP contribution >= 0.6 is 0 Å². The minimum atomic E-state index is 0. The fourth-order valence-electron chi connectivity index (χ4n) is 0.909. The van der Waals surface area contributed by atoms with Gasteiger partial charge in [0.25, 0.3) is 0 Å². The van der Waals surface area contributed by atoms with Gasteiger partial charge in [-0.1, -0.05) is 50.3 Å². The van der Waals surface area contributed by atoms with Gasteiger partial charge in [0.2, 0.25) is 0 Å². The van der Waals surface area contributed by atoms with Crippen molar-refractivity contribution in [3.63, 3.8) is 0 Å². The van der Waals surface area contributed by atoms with Crippen molar-refractivity contribution in [2.24, 2.45) is 0 Å². The Hall–Kier alpha value is -1.09. The van der Waals surface area contributed by atoms with Gasteiger partial charge in [-0.15, -0.1) is 0 Å². The second-order valence-corrected chi connectivity index (χ2v) is 2.65. The van der Waals surface area contributed by atoms with Crippen molar-refractivity contribution in [1.82, 2.24) is 19.9 Å². The molecule has 0 radical (unpaired) electrons. The number of imidazole rings is 2. The first-order valence-corrected chi connectivity index (χ1v) is 4.72. The third kappa shape index (κ3) is 5.38. The summed E-state index contributed by atoms with van der Waals surface area (Å²) in [6.45, 7) is 4.07. The maximum Gasteiger partial charge on any atom is 2.00 e. The van der Waals surface area contributed by atoms with E-state index in [1.165, 1.54) is 0 Å². The molecular weight excluding hydrogens is 235 g/mol. The largest absolute Gasteiger partial charge is 2.00 e. The molecule has 0 bridgehead atoms. The molecule has 0 fully saturated rings. The topological polar surface area (TPSA) is 54.0 Å². The van der Waals surface area contributed by atoms with Gasteiger partial charge in [-0.05, 0) is 12.8 Å². The molecular formula is C10H14N4Ni. The first-order chi connectivity index (χ1) is 6.86. The number of nitrogens with zero attached hydrogens (tertiary/aromatic N) is 4. The van der Waals surface area contributed by atoms with Gasteiger partial charge in [0.15, 0.2) is 0 Å². The first kappa shape index (κ1) is 13.9. The summed E-state index contributed by atoms with van der Waals surface area (Å²) in [4.78, 5) is 15.7. The van der Waals surface area contributed by atoms with Crippen LogP contribution in [0.2, 0.25) is 0 Å². The van der Waals surface area contributed by atoms with Gasteiger partial charge in [-0.3, -0.25) is 0 Å². The minimum Gasteiger partial charge on any atom is -0.446 e. The average Bonchev–Trinajstić information content (AvgIpc) is 2.92. The van der Waals surface area contributed by atoms with Crippen molar-refractivity contribution >= 4 is 0 Å². The summed E-state index contributed by atoms with van der Waals surface area (Å²) >= 11 is 0. The fraction of sp³-hybridized carbons (Fsp3) is 0.400. The van der Waals surface area contributed by atoms with Gasteiger partial charge >= 0.3 is 16.5 Å². The van der Waals surface area contributed by atoms with E-state index in [-0.39, 0.29) is 16.5 Å². The number of rotatable bonds is 2. The molecule has 84 valence electrons. The van der Waals surface area contributed by atoms with E-state index in [2.05, 4.69) is 19.9 Å². The normalized spacial score (nSPS) is 8.67.